The Kier molecular flexibility index (Phi) is 1.75. The molecule has 10 heavy (non-hydrogen) atoms. The van der Waals surface area contributed by atoms with Crippen molar-refractivity contribution >= 4 is 11.3 Å². The van der Waals surface area contributed by atoms with Crippen LogP contribution in [0, 0.1) is 11.3 Å². The van der Waals surface area contributed by atoms with Crippen molar-refractivity contribution in [1.29, 1.82) is 5.26 Å². The van der Waals surface area contributed by atoms with Crippen LogP contribution in [0.5, 0.6) is 0 Å². The number of nitrogens with two attached hydrogens (primary N) is 1. The summed E-state index contributed by atoms with van der Waals surface area (Å²) in [4.78, 5) is 0.912. The summed E-state index contributed by atoms with van der Waals surface area (Å²) in [5.41, 5.74) is 4.82. The summed E-state index contributed by atoms with van der Waals surface area (Å²) in [6.07, 6.45) is 0. The van der Waals surface area contributed by atoms with Gasteiger partial charge in [-0.25, -0.2) is 0 Å². The van der Waals surface area contributed by atoms with E-state index in [0.717, 1.165) is 4.88 Å². The van der Waals surface area contributed by atoms with Gasteiger partial charge < -0.3 is 5.73 Å². The normalized spacial score (nSPS) is 15.7. The fourth-order valence-electron chi connectivity index (χ4n) is 0.629. The molecule has 0 unspecified atom stereocenters. The van der Waals surface area contributed by atoms with Crippen LogP contribution in [0.4, 0.5) is 0 Å². The largest absolute Gasteiger partial charge is 0.309 e. The molecule has 1 atom stereocenters. The lowest BCUT2D eigenvalue weighted by Crippen LogP contribution is -2.29. The maximum absolute atomic E-state index is 8.60. The van der Waals surface area contributed by atoms with Crippen molar-refractivity contribution in [2.45, 2.75) is 12.5 Å². The molecule has 3 heteroatoms. The minimum Gasteiger partial charge on any atom is -0.309 e. The highest BCUT2D eigenvalue weighted by atomic mass is 32.1. The number of thiophene rings is 1. The standard InChI is InChI=1S/C7H8N2S/c1-7(9,5-8)6-3-2-4-10-6/h2-4H,9H2,1H3/t7-/m1/s1. The van der Waals surface area contributed by atoms with E-state index in [9.17, 15) is 0 Å². The topological polar surface area (TPSA) is 49.8 Å². The maximum Gasteiger partial charge on any atom is 0.136 e. The summed E-state index contributed by atoms with van der Waals surface area (Å²) in [7, 11) is 0. The van der Waals surface area contributed by atoms with E-state index in [1.54, 1.807) is 6.92 Å². The van der Waals surface area contributed by atoms with Gasteiger partial charge in [-0.15, -0.1) is 11.3 Å². The fourth-order valence-corrected chi connectivity index (χ4v) is 1.38. The zero-order valence-electron chi connectivity index (χ0n) is 5.66. The molecule has 0 spiro atoms. The molecule has 1 aromatic rings. The lowest BCUT2D eigenvalue weighted by molar-refractivity contribution is 0.661. The zero-order valence-corrected chi connectivity index (χ0v) is 6.48. The Bertz CT molecular complexity index is 243. The minimum atomic E-state index is -0.811. The lowest BCUT2D eigenvalue weighted by atomic mass is 10.1. The molecule has 0 fully saturated rings. The van der Waals surface area contributed by atoms with Gasteiger partial charge in [-0.05, 0) is 18.4 Å². The molecule has 2 nitrogen and oxygen atoms in total. The van der Waals surface area contributed by atoms with Gasteiger partial charge in [-0.2, -0.15) is 5.26 Å². The Labute approximate surface area is 63.9 Å². The SMILES string of the molecule is C[C@@](N)(C#N)c1cccs1. The van der Waals surface area contributed by atoms with Crippen molar-refractivity contribution < 1.29 is 0 Å². The molecule has 0 saturated heterocycles. The first-order valence-electron chi connectivity index (χ1n) is 2.91. The van der Waals surface area contributed by atoms with Gasteiger partial charge in [0.15, 0.2) is 0 Å². The van der Waals surface area contributed by atoms with Crippen LogP contribution in [0.15, 0.2) is 17.5 Å². The van der Waals surface area contributed by atoms with Crippen LogP contribution in [0.3, 0.4) is 0 Å². The van der Waals surface area contributed by atoms with Gasteiger partial charge in [0.25, 0.3) is 0 Å². The van der Waals surface area contributed by atoms with E-state index < -0.39 is 5.54 Å². The van der Waals surface area contributed by atoms with E-state index in [1.807, 2.05) is 23.6 Å². The van der Waals surface area contributed by atoms with Crippen molar-refractivity contribution in [3.63, 3.8) is 0 Å². The summed E-state index contributed by atoms with van der Waals surface area (Å²) in [5.74, 6) is 0. The third-order valence-corrected chi connectivity index (χ3v) is 2.37. The first-order chi connectivity index (χ1) is 4.67. The summed E-state index contributed by atoms with van der Waals surface area (Å²) in [5, 5.41) is 10.5. The van der Waals surface area contributed by atoms with Gasteiger partial charge in [0, 0.05) is 4.88 Å². The Morgan fingerprint density at radius 2 is 2.50 bits per heavy atom. The van der Waals surface area contributed by atoms with E-state index in [-0.39, 0.29) is 0 Å². The van der Waals surface area contributed by atoms with Gasteiger partial charge in [0.2, 0.25) is 0 Å². The van der Waals surface area contributed by atoms with Crippen molar-refractivity contribution in [1.82, 2.24) is 0 Å². The summed E-state index contributed by atoms with van der Waals surface area (Å²) >= 11 is 1.51. The monoisotopic (exact) mass is 152 g/mol. The van der Waals surface area contributed by atoms with Gasteiger partial charge in [-0.1, -0.05) is 6.07 Å². The Morgan fingerprint density at radius 1 is 1.80 bits per heavy atom. The van der Waals surface area contributed by atoms with Crippen molar-refractivity contribution in [3.05, 3.63) is 22.4 Å². The Hall–Kier alpha value is -0.850. The molecule has 2 N–H and O–H groups in total. The van der Waals surface area contributed by atoms with Crippen LogP contribution in [-0.2, 0) is 5.54 Å². The minimum absolute atomic E-state index is 0.811. The molecule has 1 heterocycles. The lowest BCUT2D eigenvalue weighted by Gasteiger charge is -2.11. The van der Waals surface area contributed by atoms with Crippen LogP contribution >= 0.6 is 11.3 Å². The first kappa shape index (κ1) is 7.26. The zero-order chi connectivity index (χ0) is 7.61. The van der Waals surface area contributed by atoms with Crippen molar-refractivity contribution in [3.8, 4) is 6.07 Å². The van der Waals surface area contributed by atoms with E-state index in [4.69, 9.17) is 11.0 Å². The van der Waals surface area contributed by atoms with Gasteiger partial charge >= 0.3 is 0 Å². The second-order valence-corrected chi connectivity index (χ2v) is 3.24. The molecule has 52 valence electrons. The van der Waals surface area contributed by atoms with Crippen molar-refractivity contribution in [2.75, 3.05) is 0 Å². The average Bonchev–Trinajstić information content (AvgIpc) is 2.38. The Balaban J connectivity index is 2.99. The molecule has 0 amide bonds. The number of hydrogen-bond acceptors (Lipinski definition) is 3. The first-order valence-corrected chi connectivity index (χ1v) is 3.79. The van der Waals surface area contributed by atoms with E-state index >= 15 is 0 Å². The van der Waals surface area contributed by atoms with E-state index in [1.165, 1.54) is 11.3 Å². The van der Waals surface area contributed by atoms with E-state index in [0.29, 0.717) is 0 Å². The fraction of sp³-hybridized carbons (Fsp3) is 0.286. The molecule has 0 aliphatic rings. The molecular formula is C7H8N2S. The van der Waals surface area contributed by atoms with Gasteiger partial charge in [0.05, 0.1) is 6.07 Å². The molecule has 0 aliphatic carbocycles. The third kappa shape index (κ3) is 1.18. The second kappa shape index (κ2) is 2.41. The number of nitrogens with zero attached hydrogens (tertiary/aromatic N) is 1. The maximum atomic E-state index is 8.60. The van der Waals surface area contributed by atoms with Crippen molar-refractivity contribution in [2.24, 2.45) is 5.73 Å². The highest BCUT2D eigenvalue weighted by Gasteiger charge is 2.20. The molecular weight excluding hydrogens is 144 g/mol. The van der Waals surface area contributed by atoms with Crippen LogP contribution < -0.4 is 5.73 Å². The Morgan fingerprint density at radius 3 is 2.90 bits per heavy atom. The molecule has 1 aromatic heterocycles. The summed E-state index contributed by atoms with van der Waals surface area (Å²) < 4.78 is 0. The van der Waals surface area contributed by atoms with Gasteiger partial charge in [0.1, 0.15) is 5.54 Å². The van der Waals surface area contributed by atoms with E-state index in [2.05, 4.69) is 0 Å². The molecule has 0 radical (unpaired) electrons. The number of nitriles is 1. The summed E-state index contributed by atoms with van der Waals surface area (Å²) in [6.45, 7) is 1.71. The highest BCUT2D eigenvalue weighted by Crippen LogP contribution is 2.21. The van der Waals surface area contributed by atoms with Crippen LogP contribution in [0.2, 0.25) is 0 Å². The van der Waals surface area contributed by atoms with Gasteiger partial charge in [-0.3, -0.25) is 0 Å². The second-order valence-electron chi connectivity index (χ2n) is 2.29. The average molecular weight is 152 g/mol. The van der Waals surface area contributed by atoms with Crippen LogP contribution in [0.25, 0.3) is 0 Å². The third-order valence-electron chi connectivity index (χ3n) is 1.27. The molecule has 1 rings (SSSR count). The summed E-state index contributed by atoms with van der Waals surface area (Å²) in [6, 6.07) is 5.79. The predicted octanol–water partition coefficient (Wildman–Crippen LogP) is 1.45. The molecule has 0 aromatic carbocycles. The molecule has 0 bridgehead atoms. The molecule has 0 aliphatic heterocycles. The molecule has 0 saturated carbocycles. The predicted molar refractivity (Wildman–Crippen MR) is 41.5 cm³/mol. The highest BCUT2D eigenvalue weighted by molar-refractivity contribution is 7.10. The number of rotatable bonds is 1. The quantitative estimate of drug-likeness (QED) is 0.662. The van der Waals surface area contributed by atoms with Crippen LogP contribution in [0.1, 0.15) is 11.8 Å². The van der Waals surface area contributed by atoms with Crippen LogP contribution in [-0.4, -0.2) is 0 Å². The smallest absolute Gasteiger partial charge is 0.136 e. The number of hydrogen-bond donors (Lipinski definition) is 1.